The first-order chi connectivity index (χ1) is 9.74. The molecule has 4 nitrogen and oxygen atoms in total. The molecule has 2 N–H and O–H groups in total. The molecule has 3 aromatic rings. The molecule has 0 saturated carbocycles. The average molecular weight is 306 g/mol. The lowest BCUT2D eigenvalue weighted by Crippen LogP contribution is -2.02. The number of fused-ring (bicyclic) bond motifs is 1. The van der Waals surface area contributed by atoms with Gasteiger partial charge in [0.2, 0.25) is 0 Å². The molecule has 0 radical (unpaired) electrons. The standard InChI is InChI=1S/C14H12ClN3OS/c15-11-4-2-1-3-9(11)7-19-8-12-17-13(16)10-5-6-20-14(10)18-12/h1-6H,7-8H2,(H2,16,17,18). The zero-order valence-corrected chi connectivity index (χ0v) is 12.1. The van der Waals surface area contributed by atoms with Crippen molar-refractivity contribution < 1.29 is 4.74 Å². The van der Waals surface area contributed by atoms with Gasteiger partial charge in [0.25, 0.3) is 0 Å². The highest BCUT2D eigenvalue weighted by molar-refractivity contribution is 7.16. The molecule has 0 aliphatic carbocycles. The molecule has 0 aliphatic heterocycles. The summed E-state index contributed by atoms with van der Waals surface area (Å²) in [5.41, 5.74) is 6.83. The van der Waals surface area contributed by atoms with Gasteiger partial charge in [-0.2, -0.15) is 0 Å². The van der Waals surface area contributed by atoms with Gasteiger partial charge >= 0.3 is 0 Å². The number of nitrogens with two attached hydrogens (primary N) is 1. The molecule has 0 saturated heterocycles. The Morgan fingerprint density at radius 3 is 2.85 bits per heavy atom. The molecule has 0 unspecified atom stereocenters. The summed E-state index contributed by atoms with van der Waals surface area (Å²) in [6, 6.07) is 9.51. The highest BCUT2D eigenvalue weighted by atomic mass is 35.5. The van der Waals surface area contributed by atoms with Gasteiger partial charge in [0, 0.05) is 5.02 Å². The minimum Gasteiger partial charge on any atom is -0.383 e. The Balaban J connectivity index is 1.69. The van der Waals surface area contributed by atoms with Gasteiger partial charge in [-0.15, -0.1) is 11.3 Å². The molecule has 2 heterocycles. The Kier molecular flexibility index (Phi) is 3.82. The van der Waals surface area contributed by atoms with Gasteiger partial charge in [-0.25, -0.2) is 9.97 Å². The number of aromatic nitrogens is 2. The van der Waals surface area contributed by atoms with E-state index in [2.05, 4.69) is 9.97 Å². The van der Waals surface area contributed by atoms with Crippen molar-refractivity contribution in [2.45, 2.75) is 13.2 Å². The Hall–Kier alpha value is -1.69. The summed E-state index contributed by atoms with van der Waals surface area (Å²) in [6.45, 7) is 0.731. The third kappa shape index (κ3) is 2.75. The zero-order valence-electron chi connectivity index (χ0n) is 10.5. The van der Waals surface area contributed by atoms with Crippen LogP contribution in [0.3, 0.4) is 0 Å². The number of rotatable bonds is 4. The van der Waals surface area contributed by atoms with Crippen molar-refractivity contribution in [1.29, 1.82) is 0 Å². The Morgan fingerprint density at radius 2 is 2.00 bits per heavy atom. The van der Waals surface area contributed by atoms with E-state index in [1.54, 1.807) is 11.3 Å². The summed E-state index contributed by atoms with van der Waals surface area (Å²) in [6.07, 6.45) is 0. The van der Waals surface area contributed by atoms with Crippen molar-refractivity contribution in [3.05, 3.63) is 52.1 Å². The van der Waals surface area contributed by atoms with Crippen molar-refractivity contribution in [3.63, 3.8) is 0 Å². The normalized spacial score (nSPS) is 11.1. The van der Waals surface area contributed by atoms with Crippen LogP contribution in [-0.2, 0) is 18.0 Å². The molecule has 3 rings (SSSR count). The number of hydrogen-bond donors (Lipinski definition) is 1. The first-order valence-electron chi connectivity index (χ1n) is 6.05. The number of halogens is 1. The second-order valence-electron chi connectivity index (χ2n) is 4.25. The second kappa shape index (κ2) is 5.75. The van der Waals surface area contributed by atoms with Gasteiger partial charge in [-0.3, -0.25) is 0 Å². The lowest BCUT2D eigenvalue weighted by atomic mass is 10.2. The van der Waals surface area contributed by atoms with Crippen molar-refractivity contribution in [1.82, 2.24) is 9.97 Å². The summed E-state index contributed by atoms with van der Waals surface area (Å²) >= 11 is 7.61. The molecular formula is C14H12ClN3OS. The smallest absolute Gasteiger partial charge is 0.158 e. The zero-order chi connectivity index (χ0) is 13.9. The number of benzene rings is 1. The van der Waals surface area contributed by atoms with Crippen molar-refractivity contribution in [3.8, 4) is 0 Å². The highest BCUT2D eigenvalue weighted by Crippen LogP contribution is 2.23. The molecule has 1 aromatic carbocycles. The minimum absolute atomic E-state index is 0.309. The summed E-state index contributed by atoms with van der Waals surface area (Å²) < 4.78 is 5.61. The maximum Gasteiger partial charge on any atom is 0.158 e. The number of thiophene rings is 1. The molecule has 20 heavy (non-hydrogen) atoms. The fourth-order valence-corrected chi connectivity index (χ4v) is 2.84. The Labute approximate surface area is 125 Å². The molecule has 102 valence electrons. The first kappa shape index (κ1) is 13.3. The Bertz CT molecular complexity index is 744. The van der Waals surface area contributed by atoms with Crippen LogP contribution in [0.2, 0.25) is 5.02 Å². The topological polar surface area (TPSA) is 61.0 Å². The van der Waals surface area contributed by atoms with Crippen LogP contribution in [0.1, 0.15) is 11.4 Å². The lowest BCUT2D eigenvalue weighted by Gasteiger charge is -2.06. The predicted octanol–water partition coefficient (Wildman–Crippen LogP) is 3.64. The number of hydrogen-bond acceptors (Lipinski definition) is 5. The lowest BCUT2D eigenvalue weighted by molar-refractivity contribution is 0.102. The van der Waals surface area contributed by atoms with Gasteiger partial charge in [0.15, 0.2) is 5.82 Å². The van der Waals surface area contributed by atoms with Gasteiger partial charge < -0.3 is 10.5 Å². The van der Waals surface area contributed by atoms with E-state index in [-0.39, 0.29) is 0 Å². The molecule has 0 spiro atoms. The third-order valence-electron chi connectivity index (χ3n) is 2.85. The number of ether oxygens (including phenoxy) is 1. The van der Waals surface area contributed by atoms with Crippen molar-refractivity contribution in [2.24, 2.45) is 0 Å². The summed E-state index contributed by atoms with van der Waals surface area (Å²) in [4.78, 5) is 9.54. The van der Waals surface area contributed by atoms with Crippen LogP contribution in [0.15, 0.2) is 35.7 Å². The molecule has 0 amide bonds. The SMILES string of the molecule is Nc1nc(COCc2ccccc2Cl)nc2sccc12. The van der Waals surface area contributed by atoms with E-state index in [9.17, 15) is 0 Å². The van der Waals surface area contributed by atoms with Crippen LogP contribution in [0, 0.1) is 0 Å². The van der Waals surface area contributed by atoms with E-state index in [4.69, 9.17) is 22.1 Å². The number of nitrogens with zero attached hydrogens (tertiary/aromatic N) is 2. The van der Waals surface area contributed by atoms with Gasteiger partial charge in [0.05, 0.1) is 12.0 Å². The summed E-state index contributed by atoms with van der Waals surface area (Å²) in [5, 5.41) is 3.54. The number of anilines is 1. The minimum atomic E-state index is 0.309. The van der Waals surface area contributed by atoms with E-state index >= 15 is 0 Å². The highest BCUT2D eigenvalue weighted by Gasteiger charge is 2.07. The second-order valence-corrected chi connectivity index (χ2v) is 5.55. The van der Waals surface area contributed by atoms with Gasteiger partial charge in [-0.05, 0) is 23.1 Å². The van der Waals surface area contributed by atoms with Crippen LogP contribution < -0.4 is 5.73 Å². The molecule has 0 atom stereocenters. The number of nitrogen functional groups attached to an aromatic ring is 1. The van der Waals surface area contributed by atoms with Crippen LogP contribution in [0.4, 0.5) is 5.82 Å². The van der Waals surface area contributed by atoms with E-state index < -0.39 is 0 Å². The fourth-order valence-electron chi connectivity index (χ4n) is 1.86. The average Bonchev–Trinajstić information content (AvgIpc) is 2.90. The fraction of sp³-hybridized carbons (Fsp3) is 0.143. The van der Waals surface area contributed by atoms with E-state index in [0.717, 1.165) is 15.8 Å². The molecule has 0 aliphatic rings. The van der Waals surface area contributed by atoms with Crippen LogP contribution in [0.25, 0.3) is 10.2 Å². The maximum absolute atomic E-state index is 6.07. The molecular weight excluding hydrogens is 294 g/mol. The monoisotopic (exact) mass is 305 g/mol. The van der Waals surface area contributed by atoms with Crippen LogP contribution in [0.5, 0.6) is 0 Å². The largest absolute Gasteiger partial charge is 0.383 e. The van der Waals surface area contributed by atoms with Crippen molar-refractivity contribution >= 4 is 39.0 Å². The molecule has 0 fully saturated rings. The Morgan fingerprint density at radius 1 is 1.15 bits per heavy atom. The maximum atomic E-state index is 6.07. The van der Waals surface area contributed by atoms with E-state index in [0.29, 0.717) is 29.9 Å². The van der Waals surface area contributed by atoms with E-state index in [1.807, 2.05) is 35.7 Å². The third-order valence-corrected chi connectivity index (χ3v) is 4.02. The molecule has 2 aromatic heterocycles. The van der Waals surface area contributed by atoms with Crippen LogP contribution >= 0.6 is 22.9 Å². The molecule has 0 bridgehead atoms. The quantitative estimate of drug-likeness (QED) is 0.799. The molecule has 6 heteroatoms. The first-order valence-corrected chi connectivity index (χ1v) is 7.30. The summed E-state index contributed by atoms with van der Waals surface area (Å²) in [7, 11) is 0. The van der Waals surface area contributed by atoms with Crippen molar-refractivity contribution in [2.75, 3.05) is 5.73 Å². The van der Waals surface area contributed by atoms with E-state index in [1.165, 1.54) is 0 Å². The summed E-state index contributed by atoms with van der Waals surface area (Å²) in [5.74, 6) is 1.08. The van der Waals surface area contributed by atoms with Gasteiger partial charge in [-0.1, -0.05) is 29.8 Å². The van der Waals surface area contributed by atoms with Gasteiger partial charge in [0.1, 0.15) is 17.3 Å². The van der Waals surface area contributed by atoms with Crippen LogP contribution in [-0.4, -0.2) is 9.97 Å². The predicted molar refractivity (Wildman–Crippen MR) is 81.8 cm³/mol.